The van der Waals surface area contributed by atoms with Crippen molar-refractivity contribution in [1.82, 2.24) is 0 Å². The van der Waals surface area contributed by atoms with Crippen molar-refractivity contribution in [3.8, 4) is 0 Å². The van der Waals surface area contributed by atoms with E-state index in [1.807, 2.05) is 0 Å². The van der Waals surface area contributed by atoms with Gasteiger partial charge in [0.2, 0.25) is 0 Å². The molecule has 0 N–H and O–H groups in total. The molecule has 3 heteroatoms. The summed E-state index contributed by atoms with van der Waals surface area (Å²) in [5.41, 5.74) is 0. The van der Waals surface area contributed by atoms with E-state index in [1.165, 1.54) is 12.5 Å². The van der Waals surface area contributed by atoms with E-state index in [1.54, 1.807) is 0 Å². The number of rotatable bonds is 4. The highest BCUT2D eigenvalue weighted by atomic mass is 32.1. The van der Waals surface area contributed by atoms with E-state index in [9.17, 15) is 0 Å². The average Bonchev–Trinajstić information content (AvgIpc) is 1.63. The Kier molecular flexibility index (Phi) is 4.61. The normalized spacial score (nSPS) is 12.0. The molecule has 0 saturated carbocycles. The van der Waals surface area contributed by atoms with Gasteiger partial charge in [-0.3, -0.25) is 0 Å². The van der Waals surface area contributed by atoms with Gasteiger partial charge in [-0.15, -0.1) is 0 Å². The SMILES string of the molecule is C[Si](C)(C)CCCOS. The van der Waals surface area contributed by atoms with Gasteiger partial charge in [0.05, 0.1) is 6.61 Å². The van der Waals surface area contributed by atoms with Gasteiger partial charge >= 0.3 is 0 Å². The second-order valence-electron chi connectivity index (χ2n) is 3.50. The molecule has 56 valence electrons. The van der Waals surface area contributed by atoms with Crippen LogP contribution in [0, 0.1) is 0 Å². The standard InChI is InChI=1S/C6H16OSSi/c1-9(2,3)6-4-5-7-8/h8H,4-6H2,1-3H3. The fourth-order valence-electron chi connectivity index (χ4n) is 0.667. The molecule has 0 aliphatic carbocycles. The first-order valence-corrected chi connectivity index (χ1v) is 7.40. The topological polar surface area (TPSA) is 9.23 Å². The Morgan fingerprint density at radius 2 is 1.89 bits per heavy atom. The van der Waals surface area contributed by atoms with Crippen molar-refractivity contribution in [1.29, 1.82) is 0 Å². The van der Waals surface area contributed by atoms with Crippen molar-refractivity contribution in [3.63, 3.8) is 0 Å². The van der Waals surface area contributed by atoms with E-state index in [-0.39, 0.29) is 0 Å². The lowest BCUT2D eigenvalue weighted by molar-refractivity contribution is 0.380. The van der Waals surface area contributed by atoms with Gasteiger partial charge in [0.25, 0.3) is 0 Å². The zero-order chi connectivity index (χ0) is 7.33. The van der Waals surface area contributed by atoms with Crippen LogP contribution in [0.3, 0.4) is 0 Å². The summed E-state index contributed by atoms with van der Waals surface area (Å²) in [4.78, 5) is 0. The molecule has 0 aromatic rings. The first-order valence-electron chi connectivity index (χ1n) is 3.32. The van der Waals surface area contributed by atoms with Gasteiger partial charge in [-0.05, 0) is 19.3 Å². The van der Waals surface area contributed by atoms with Crippen molar-refractivity contribution in [2.45, 2.75) is 32.1 Å². The summed E-state index contributed by atoms with van der Waals surface area (Å²) in [5.74, 6) is 0. The van der Waals surface area contributed by atoms with Crippen LogP contribution in [0.15, 0.2) is 0 Å². The van der Waals surface area contributed by atoms with Crippen molar-refractivity contribution < 1.29 is 4.18 Å². The third-order valence-corrected chi connectivity index (χ3v) is 3.20. The molecular formula is C6H16OSSi. The van der Waals surface area contributed by atoms with Gasteiger partial charge in [0.15, 0.2) is 0 Å². The zero-order valence-electron chi connectivity index (χ0n) is 6.48. The lowest BCUT2D eigenvalue weighted by Crippen LogP contribution is -2.19. The smallest absolute Gasteiger partial charge is 0.0607 e. The molecule has 0 heterocycles. The maximum absolute atomic E-state index is 4.65. The van der Waals surface area contributed by atoms with Crippen molar-refractivity contribution in [2.75, 3.05) is 6.61 Å². The van der Waals surface area contributed by atoms with Gasteiger partial charge in [-0.25, -0.2) is 0 Å². The molecule has 0 aliphatic rings. The summed E-state index contributed by atoms with van der Waals surface area (Å²) in [6, 6.07) is 1.34. The quantitative estimate of drug-likeness (QED) is 0.291. The Bertz CT molecular complexity index is 69.9. The van der Waals surface area contributed by atoms with Crippen molar-refractivity contribution >= 4 is 21.0 Å². The molecule has 9 heavy (non-hydrogen) atoms. The summed E-state index contributed by atoms with van der Waals surface area (Å²) in [6.45, 7) is 7.90. The number of hydrogen-bond acceptors (Lipinski definition) is 2. The lowest BCUT2D eigenvalue weighted by Gasteiger charge is -2.13. The average molecular weight is 164 g/mol. The summed E-state index contributed by atoms with van der Waals surface area (Å²) in [5, 5.41) is 0. The molecule has 0 bridgehead atoms. The van der Waals surface area contributed by atoms with Gasteiger partial charge < -0.3 is 4.18 Å². The second-order valence-corrected chi connectivity index (χ2v) is 9.38. The van der Waals surface area contributed by atoms with E-state index in [4.69, 9.17) is 0 Å². The highest BCUT2D eigenvalue weighted by Crippen LogP contribution is 2.10. The molecule has 0 aromatic heterocycles. The van der Waals surface area contributed by atoms with Gasteiger partial charge in [0, 0.05) is 8.07 Å². The predicted octanol–water partition coefficient (Wildman–Crippen LogP) is 2.58. The van der Waals surface area contributed by atoms with Crippen molar-refractivity contribution in [3.05, 3.63) is 0 Å². The van der Waals surface area contributed by atoms with E-state index < -0.39 is 8.07 Å². The lowest BCUT2D eigenvalue weighted by atomic mass is 10.5. The highest BCUT2D eigenvalue weighted by molar-refractivity contribution is 7.75. The van der Waals surface area contributed by atoms with Crippen molar-refractivity contribution in [2.24, 2.45) is 0 Å². The Hall–Kier alpha value is 0.527. The predicted molar refractivity (Wildman–Crippen MR) is 47.7 cm³/mol. The molecule has 0 saturated heterocycles. The molecule has 0 fully saturated rings. The summed E-state index contributed by atoms with van der Waals surface area (Å²) in [7, 11) is -0.808. The third kappa shape index (κ3) is 8.53. The summed E-state index contributed by atoms with van der Waals surface area (Å²) in [6.07, 6.45) is 1.17. The molecule has 0 unspecified atom stereocenters. The Balaban J connectivity index is 3.07. The molecule has 0 aromatic carbocycles. The Morgan fingerprint density at radius 3 is 2.22 bits per heavy atom. The third-order valence-electron chi connectivity index (χ3n) is 1.16. The fourth-order valence-corrected chi connectivity index (χ4v) is 2.00. The minimum atomic E-state index is -0.808. The largest absolute Gasteiger partial charge is 0.319 e. The highest BCUT2D eigenvalue weighted by Gasteiger charge is 2.11. The number of thiol groups is 1. The molecule has 0 spiro atoms. The molecule has 0 aliphatic heterocycles. The van der Waals surface area contributed by atoms with Crippen LogP contribution in [-0.4, -0.2) is 14.7 Å². The Labute approximate surface area is 64.4 Å². The summed E-state index contributed by atoms with van der Waals surface area (Å²) < 4.78 is 4.65. The zero-order valence-corrected chi connectivity index (χ0v) is 8.37. The van der Waals surface area contributed by atoms with Gasteiger partial charge in [-0.1, -0.05) is 25.7 Å². The van der Waals surface area contributed by atoms with E-state index >= 15 is 0 Å². The Morgan fingerprint density at radius 1 is 1.33 bits per heavy atom. The fraction of sp³-hybridized carbons (Fsp3) is 1.00. The first-order chi connectivity index (χ1) is 4.06. The van der Waals surface area contributed by atoms with Gasteiger partial charge in [0.1, 0.15) is 0 Å². The van der Waals surface area contributed by atoms with Crippen LogP contribution in [0.5, 0.6) is 0 Å². The molecule has 1 nitrogen and oxygen atoms in total. The van der Waals surface area contributed by atoms with Gasteiger partial charge in [-0.2, -0.15) is 0 Å². The minimum Gasteiger partial charge on any atom is -0.319 e. The maximum atomic E-state index is 4.65. The van der Waals surface area contributed by atoms with Crippen LogP contribution >= 0.6 is 12.9 Å². The number of hydrogen-bond donors (Lipinski definition) is 1. The second kappa shape index (κ2) is 4.36. The molecule has 0 rings (SSSR count). The summed E-state index contributed by atoms with van der Waals surface area (Å²) >= 11 is 3.67. The van der Waals surface area contributed by atoms with Crippen LogP contribution in [0.25, 0.3) is 0 Å². The van der Waals surface area contributed by atoms with E-state index in [0.717, 1.165) is 6.61 Å². The van der Waals surface area contributed by atoms with Crippen LogP contribution < -0.4 is 0 Å². The van der Waals surface area contributed by atoms with Crippen LogP contribution in [0.1, 0.15) is 6.42 Å². The maximum Gasteiger partial charge on any atom is 0.0607 e. The molecular weight excluding hydrogens is 148 g/mol. The van der Waals surface area contributed by atoms with E-state index in [2.05, 4.69) is 36.7 Å². The van der Waals surface area contributed by atoms with E-state index in [0.29, 0.717) is 0 Å². The minimum absolute atomic E-state index is 0.799. The monoisotopic (exact) mass is 164 g/mol. The first kappa shape index (κ1) is 9.53. The molecule has 0 amide bonds. The van der Waals surface area contributed by atoms with Crippen LogP contribution in [-0.2, 0) is 4.18 Å². The molecule has 0 atom stereocenters. The molecule has 0 radical (unpaired) electrons. The van der Waals surface area contributed by atoms with Crippen LogP contribution in [0.2, 0.25) is 25.7 Å². The van der Waals surface area contributed by atoms with Crippen LogP contribution in [0.4, 0.5) is 0 Å².